The quantitative estimate of drug-likeness (QED) is 0.924. The molecule has 2 aromatic rings. The normalized spacial score (nSPS) is 21.3. The Morgan fingerprint density at radius 1 is 1.38 bits per heavy atom. The highest BCUT2D eigenvalue weighted by Crippen LogP contribution is 2.39. The number of rotatable bonds is 4. The zero-order valence-corrected chi connectivity index (χ0v) is 13.9. The summed E-state index contributed by atoms with van der Waals surface area (Å²) in [6.45, 7) is 5.64. The molecule has 2 atom stereocenters. The highest BCUT2D eigenvalue weighted by atomic mass is 16.5. The van der Waals surface area contributed by atoms with Crippen LogP contribution >= 0.6 is 0 Å². The largest absolute Gasteiger partial charge is 0.481 e. The minimum Gasteiger partial charge on any atom is -0.481 e. The number of nitrogens with zero attached hydrogens (tertiary/aromatic N) is 2. The van der Waals surface area contributed by atoms with Crippen LogP contribution in [-0.4, -0.2) is 27.0 Å². The Kier molecular flexibility index (Phi) is 4.17. The van der Waals surface area contributed by atoms with Gasteiger partial charge < -0.3 is 18.9 Å². The number of carboxylic acid groups (broad SMARTS) is 1. The summed E-state index contributed by atoms with van der Waals surface area (Å²) in [7, 11) is 0. The Morgan fingerprint density at radius 2 is 2.12 bits per heavy atom. The second-order valence-electron chi connectivity index (χ2n) is 6.20. The Bertz CT molecular complexity index is 756. The number of aryl methyl sites for hydroxylation is 3. The fraction of sp³-hybridized carbons (Fsp3) is 0.471. The minimum atomic E-state index is -0.926. The molecule has 24 heavy (non-hydrogen) atoms. The van der Waals surface area contributed by atoms with Gasteiger partial charge in [-0.15, -0.1) is 0 Å². The third kappa shape index (κ3) is 2.81. The van der Waals surface area contributed by atoms with Gasteiger partial charge >= 0.3 is 5.97 Å². The molecule has 0 spiro atoms. The predicted octanol–water partition coefficient (Wildman–Crippen LogP) is 2.76. The zero-order valence-electron chi connectivity index (χ0n) is 13.9. The van der Waals surface area contributed by atoms with E-state index in [4.69, 9.17) is 8.94 Å². The van der Waals surface area contributed by atoms with Crippen LogP contribution in [0.15, 0.2) is 21.1 Å². The number of carbonyl (C=O) groups is 2. The van der Waals surface area contributed by atoms with Crippen molar-refractivity contribution in [2.75, 3.05) is 0 Å². The summed E-state index contributed by atoms with van der Waals surface area (Å²) >= 11 is 0. The van der Waals surface area contributed by atoms with Crippen LogP contribution in [0.25, 0.3) is 0 Å². The fourth-order valence-electron chi connectivity index (χ4n) is 3.26. The van der Waals surface area contributed by atoms with Gasteiger partial charge in [-0.1, -0.05) is 5.16 Å². The van der Waals surface area contributed by atoms with Gasteiger partial charge in [0, 0.05) is 12.0 Å². The smallest absolute Gasteiger partial charge is 0.309 e. The van der Waals surface area contributed by atoms with Gasteiger partial charge in [0.15, 0.2) is 0 Å². The van der Waals surface area contributed by atoms with E-state index >= 15 is 0 Å². The van der Waals surface area contributed by atoms with Crippen LogP contribution in [0.3, 0.4) is 0 Å². The molecule has 128 valence electrons. The average molecular weight is 332 g/mol. The van der Waals surface area contributed by atoms with Crippen LogP contribution < -0.4 is 0 Å². The Morgan fingerprint density at radius 3 is 2.67 bits per heavy atom. The number of aromatic nitrogens is 1. The third-order valence-corrected chi connectivity index (χ3v) is 4.59. The topological polar surface area (TPSA) is 96.8 Å². The van der Waals surface area contributed by atoms with Crippen LogP contribution in [0.4, 0.5) is 0 Å². The lowest BCUT2D eigenvalue weighted by Crippen LogP contribution is -2.44. The standard InChI is InChI=1S/C17H20N2O5/c1-9-4-6-14(23-9)16-12(17(21)22)5-7-15(20)19(16)8-13-10(2)18-24-11(13)3/h4,6,12,16H,5,7-8H2,1-3H3,(H,21,22). The molecule has 3 rings (SSSR count). The van der Waals surface area contributed by atoms with Crippen molar-refractivity contribution in [2.45, 2.75) is 46.2 Å². The molecule has 0 aromatic carbocycles. The highest BCUT2D eigenvalue weighted by molar-refractivity contribution is 5.81. The molecule has 7 nitrogen and oxygen atoms in total. The summed E-state index contributed by atoms with van der Waals surface area (Å²) in [5, 5.41) is 13.5. The molecule has 1 aliphatic heterocycles. The first-order valence-corrected chi connectivity index (χ1v) is 7.89. The Balaban J connectivity index is 2.01. The first-order chi connectivity index (χ1) is 11.4. The van der Waals surface area contributed by atoms with Crippen LogP contribution in [0.1, 0.15) is 47.4 Å². The maximum Gasteiger partial charge on any atom is 0.309 e. The maximum atomic E-state index is 12.5. The van der Waals surface area contributed by atoms with E-state index < -0.39 is 17.9 Å². The van der Waals surface area contributed by atoms with Crippen molar-refractivity contribution in [2.24, 2.45) is 5.92 Å². The number of carbonyl (C=O) groups excluding carboxylic acids is 1. The second-order valence-corrected chi connectivity index (χ2v) is 6.20. The molecule has 0 bridgehead atoms. The van der Waals surface area contributed by atoms with Crippen LogP contribution in [-0.2, 0) is 16.1 Å². The number of likely N-dealkylation sites (tertiary alicyclic amines) is 1. The molecule has 1 aliphatic rings. The lowest BCUT2D eigenvalue weighted by molar-refractivity contribution is -0.153. The lowest BCUT2D eigenvalue weighted by Gasteiger charge is -2.38. The van der Waals surface area contributed by atoms with E-state index in [1.54, 1.807) is 37.8 Å². The summed E-state index contributed by atoms with van der Waals surface area (Å²) in [5.74, 6) is 0.0990. The molecule has 0 aliphatic carbocycles. The molecule has 1 N–H and O–H groups in total. The molecule has 1 amide bonds. The van der Waals surface area contributed by atoms with Gasteiger partial charge in [-0.25, -0.2) is 0 Å². The van der Waals surface area contributed by atoms with Crippen molar-refractivity contribution in [3.05, 3.63) is 40.7 Å². The molecule has 1 fully saturated rings. The van der Waals surface area contributed by atoms with E-state index in [0.717, 1.165) is 5.56 Å². The SMILES string of the molecule is Cc1ccc(C2C(C(=O)O)CCC(=O)N2Cc2c(C)noc2C)o1. The maximum absolute atomic E-state index is 12.5. The lowest BCUT2D eigenvalue weighted by atomic mass is 9.86. The first-order valence-electron chi connectivity index (χ1n) is 7.89. The summed E-state index contributed by atoms with van der Waals surface area (Å²) in [6.07, 6.45) is 0.507. The fourth-order valence-corrected chi connectivity index (χ4v) is 3.26. The van der Waals surface area contributed by atoms with Crippen LogP contribution in [0.5, 0.6) is 0 Å². The summed E-state index contributed by atoms with van der Waals surface area (Å²) in [4.78, 5) is 25.8. The molecule has 7 heteroatoms. The number of carboxylic acids is 1. The van der Waals surface area contributed by atoms with E-state index in [-0.39, 0.29) is 18.9 Å². The van der Waals surface area contributed by atoms with Crippen molar-refractivity contribution in [1.82, 2.24) is 10.1 Å². The van der Waals surface area contributed by atoms with E-state index in [1.807, 2.05) is 0 Å². The van der Waals surface area contributed by atoms with Gasteiger partial charge in [0.05, 0.1) is 18.2 Å². The van der Waals surface area contributed by atoms with Crippen molar-refractivity contribution in [3.63, 3.8) is 0 Å². The van der Waals surface area contributed by atoms with Crippen LogP contribution in [0, 0.1) is 26.7 Å². The van der Waals surface area contributed by atoms with Gasteiger partial charge in [-0.2, -0.15) is 0 Å². The third-order valence-electron chi connectivity index (χ3n) is 4.59. The number of aliphatic carboxylic acids is 1. The molecule has 2 unspecified atom stereocenters. The van der Waals surface area contributed by atoms with Crippen LogP contribution in [0.2, 0.25) is 0 Å². The van der Waals surface area contributed by atoms with Crippen molar-refractivity contribution < 1.29 is 23.6 Å². The molecule has 2 aromatic heterocycles. The predicted molar refractivity (Wildman–Crippen MR) is 83.1 cm³/mol. The summed E-state index contributed by atoms with van der Waals surface area (Å²) in [5.41, 5.74) is 1.51. The van der Waals surface area contributed by atoms with E-state index in [2.05, 4.69) is 5.16 Å². The number of furan rings is 1. The summed E-state index contributed by atoms with van der Waals surface area (Å²) in [6, 6.07) is 2.89. The molecule has 0 saturated carbocycles. The Labute approximate surface area is 139 Å². The second kappa shape index (κ2) is 6.14. The molecule has 0 radical (unpaired) electrons. The number of amides is 1. The van der Waals surface area contributed by atoms with Crippen molar-refractivity contribution in [1.29, 1.82) is 0 Å². The average Bonchev–Trinajstić information content (AvgIpc) is 3.08. The highest BCUT2D eigenvalue weighted by Gasteiger charge is 2.42. The van der Waals surface area contributed by atoms with Crippen molar-refractivity contribution >= 4 is 11.9 Å². The number of hydrogen-bond acceptors (Lipinski definition) is 5. The first kappa shape index (κ1) is 16.3. The molecule has 1 saturated heterocycles. The van der Waals surface area contributed by atoms with Gasteiger partial charge in [-0.05, 0) is 39.3 Å². The molecular formula is C17H20N2O5. The number of hydrogen-bond donors (Lipinski definition) is 1. The summed E-state index contributed by atoms with van der Waals surface area (Å²) < 4.78 is 10.8. The minimum absolute atomic E-state index is 0.0912. The number of piperidine rings is 1. The van der Waals surface area contributed by atoms with E-state index in [0.29, 0.717) is 29.4 Å². The van der Waals surface area contributed by atoms with E-state index in [9.17, 15) is 14.7 Å². The monoisotopic (exact) mass is 332 g/mol. The Hall–Kier alpha value is -2.57. The van der Waals surface area contributed by atoms with Gasteiger partial charge in [-0.3, -0.25) is 9.59 Å². The molecular weight excluding hydrogens is 312 g/mol. The van der Waals surface area contributed by atoms with Crippen molar-refractivity contribution in [3.8, 4) is 0 Å². The zero-order chi connectivity index (χ0) is 17.4. The van der Waals surface area contributed by atoms with Gasteiger partial charge in [0.25, 0.3) is 0 Å². The van der Waals surface area contributed by atoms with Gasteiger partial charge in [0.1, 0.15) is 23.3 Å². The van der Waals surface area contributed by atoms with Gasteiger partial charge in [0.2, 0.25) is 5.91 Å². The van der Waals surface area contributed by atoms with E-state index in [1.165, 1.54) is 0 Å². The molecule has 3 heterocycles.